The number of hydrogen-bond acceptors (Lipinski definition) is 7. The first-order valence-corrected chi connectivity index (χ1v) is 9.49. The topological polar surface area (TPSA) is 101 Å². The molecule has 154 valence electrons. The lowest BCUT2D eigenvalue weighted by Crippen LogP contribution is -2.23. The van der Waals surface area contributed by atoms with Gasteiger partial charge in [-0.25, -0.2) is 9.80 Å². The minimum Gasteiger partial charge on any atom is -0.490 e. The van der Waals surface area contributed by atoms with Gasteiger partial charge in [-0.1, -0.05) is 11.6 Å². The van der Waals surface area contributed by atoms with Gasteiger partial charge in [-0.3, -0.25) is 4.79 Å². The molecule has 2 rings (SSSR count). The van der Waals surface area contributed by atoms with Gasteiger partial charge < -0.3 is 14.2 Å². The smallest absolute Gasteiger partial charge is 0.344 e. The second kappa shape index (κ2) is 10.5. The summed E-state index contributed by atoms with van der Waals surface area (Å²) in [6, 6.07) is 5.15. The Balaban J connectivity index is 2.29. The summed E-state index contributed by atoms with van der Waals surface area (Å²) >= 11 is 6.37. The van der Waals surface area contributed by atoms with Crippen LogP contribution in [0.2, 0.25) is 5.02 Å². The van der Waals surface area contributed by atoms with Gasteiger partial charge in [0.25, 0.3) is 5.91 Å². The highest BCUT2D eigenvalue weighted by molar-refractivity contribution is 6.33. The molecule has 9 heteroatoms. The summed E-state index contributed by atoms with van der Waals surface area (Å²) in [4.78, 5) is 24.1. The molecule has 0 saturated heterocycles. The van der Waals surface area contributed by atoms with Gasteiger partial charge in [-0.05, 0) is 38.5 Å². The van der Waals surface area contributed by atoms with Crippen LogP contribution in [0.4, 0.5) is 0 Å². The highest BCUT2D eigenvalue weighted by atomic mass is 35.5. The Morgan fingerprint density at radius 3 is 2.66 bits per heavy atom. The molecular weight excluding hydrogens is 398 g/mol. The van der Waals surface area contributed by atoms with E-state index >= 15 is 0 Å². The van der Waals surface area contributed by atoms with Gasteiger partial charge in [-0.15, -0.1) is 0 Å². The fourth-order valence-electron chi connectivity index (χ4n) is 2.59. The highest BCUT2D eigenvalue weighted by Gasteiger charge is 2.27. The summed E-state index contributed by atoms with van der Waals surface area (Å²) in [5.74, 6) is -0.118. The lowest BCUT2D eigenvalue weighted by molar-refractivity contribution is -0.145. The molecule has 0 fully saturated rings. The van der Waals surface area contributed by atoms with Crippen molar-refractivity contribution >= 4 is 35.3 Å². The SMILES string of the molecule is CCOC(=O)COc1cc(Cl)c(/C=C2\C(=O)N(CCC#N)N=C2C)cc1OCC. The van der Waals surface area contributed by atoms with Crippen LogP contribution < -0.4 is 9.47 Å². The lowest BCUT2D eigenvalue weighted by Gasteiger charge is -2.14. The van der Waals surface area contributed by atoms with Gasteiger partial charge in [0.05, 0.1) is 48.6 Å². The summed E-state index contributed by atoms with van der Waals surface area (Å²) in [5, 5.41) is 14.5. The number of carbonyl (C=O) groups is 2. The number of carbonyl (C=O) groups excluding carboxylic acids is 2. The predicted octanol–water partition coefficient (Wildman–Crippen LogP) is 3.20. The third-order valence-electron chi connectivity index (χ3n) is 3.87. The zero-order valence-corrected chi connectivity index (χ0v) is 17.3. The molecule has 0 aliphatic carbocycles. The fourth-order valence-corrected chi connectivity index (χ4v) is 2.79. The number of hydrogen-bond donors (Lipinski definition) is 0. The first kappa shape index (κ1) is 22.2. The van der Waals surface area contributed by atoms with Gasteiger partial charge in [0.1, 0.15) is 0 Å². The van der Waals surface area contributed by atoms with Crippen molar-refractivity contribution in [2.24, 2.45) is 5.10 Å². The van der Waals surface area contributed by atoms with E-state index < -0.39 is 5.97 Å². The summed E-state index contributed by atoms with van der Waals surface area (Å²) in [7, 11) is 0. The monoisotopic (exact) mass is 419 g/mol. The molecule has 0 saturated carbocycles. The third-order valence-corrected chi connectivity index (χ3v) is 4.20. The van der Waals surface area contributed by atoms with E-state index in [0.29, 0.717) is 40.0 Å². The molecule has 1 aromatic rings. The first-order chi connectivity index (χ1) is 13.9. The molecule has 1 aromatic carbocycles. The van der Waals surface area contributed by atoms with Gasteiger partial charge in [0.2, 0.25) is 0 Å². The number of nitrogens with zero attached hydrogens (tertiary/aromatic N) is 3. The molecule has 0 unspecified atom stereocenters. The van der Waals surface area contributed by atoms with Gasteiger partial charge in [0.15, 0.2) is 18.1 Å². The zero-order chi connectivity index (χ0) is 21.4. The number of amides is 1. The van der Waals surface area contributed by atoms with Gasteiger partial charge >= 0.3 is 5.97 Å². The number of hydrazone groups is 1. The van der Waals surface area contributed by atoms with Gasteiger partial charge in [-0.2, -0.15) is 10.4 Å². The molecule has 8 nitrogen and oxygen atoms in total. The van der Waals surface area contributed by atoms with E-state index in [1.165, 1.54) is 11.1 Å². The minimum atomic E-state index is -0.502. The average Bonchev–Trinajstić information content (AvgIpc) is 2.95. The van der Waals surface area contributed by atoms with E-state index in [-0.39, 0.29) is 32.1 Å². The normalized spacial score (nSPS) is 14.6. The molecule has 0 radical (unpaired) electrons. The van der Waals surface area contributed by atoms with E-state index in [0.717, 1.165) is 0 Å². The molecular formula is C20H22ClN3O5. The molecule has 1 aliphatic heterocycles. The van der Waals surface area contributed by atoms with Gasteiger partial charge in [0, 0.05) is 6.07 Å². The molecule has 0 N–H and O–H groups in total. The van der Waals surface area contributed by atoms with Crippen LogP contribution in [0.15, 0.2) is 22.8 Å². The number of rotatable bonds is 9. The lowest BCUT2D eigenvalue weighted by atomic mass is 10.1. The third kappa shape index (κ3) is 5.72. The molecule has 0 atom stereocenters. The van der Waals surface area contributed by atoms with E-state index in [2.05, 4.69) is 5.10 Å². The standard InChI is InChI=1S/C20H22ClN3O5/c1-4-27-17-10-14(16(21)11-18(17)29-12-19(25)28-5-2)9-15-13(3)23-24(20(15)26)8-6-7-22/h9-11H,4-6,8,12H2,1-3H3/b15-9-. The van der Waals surface area contributed by atoms with Crippen LogP contribution in [-0.4, -0.2) is 49.0 Å². The van der Waals surface area contributed by atoms with Crippen LogP contribution in [0.3, 0.4) is 0 Å². The van der Waals surface area contributed by atoms with Crippen LogP contribution in [-0.2, 0) is 14.3 Å². The summed E-state index contributed by atoms with van der Waals surface area (Å²) < 4.78 is 15.9. The Hall–Kier alpha value is -3.05. The molecule has 29 heavy (non-hydrogen) atoms. The zero-order valence-electron chi connectivity index (χ0n) is 16.5. The Bertz CT molecular complexity index is 889. The number of benzene rings is 1. The average molecular weight is 420 g/mol. The largest absolute Gasteiger partial charge is 0.490 e. The van der Waals surface area contributed by atoms with Crippen molar-refractivity contribution in [3.63, 3.8) is 0 Å². The van der Waals surface area contributed by atoms with Crippen molar-refractivity contribution in [1.29, 1.82) is 5.26 Å². The summed E-state index contributed by atoms with van der Waals surface area (Å²) in [6.45, 7) is 5.81. The van der Waals surface area contributed by atoms with Crippen LogP contribution in [0.25, 0.3) is 6.08 Å². The maximum Gasteiger partial charge on any atom is 0.344 e. The fraction of sp³-hybridized carbons (Fsp3) is 0.400. The maximum absolute atomic E-state index is 12.5. The Morgan fingerprint density at radius 1 is 1.28 bits per heavy atom. The van der Waals surface area contributed by atoms with Crippen LogP contribution in [0.5, 0.6) is 11.5 Å². The van der Waals surface area contributed by atoms with E-state index in [9.17, 15) is 9.59 Å². The van der Waals surface area contributed by atoms with E-state index in [4.69, 9.17) is 31.1 Å². The van der Waals surface area contributed by atoms with Crippen molar-refractivity contribution in [3.05, 3.63) is 28.3 Å². The first-order valence-electron chi connectivity index (χ1n) is 9.12. The van der Waals surface area contributed by atoms with Crippen LogP contribution in [0, 0.1) is 11.3 Å². The van der Waals surface area contributed by atoms with Crippen molar-refractivity contribution in [2.45, 2.75) is 27.2 Å². The molecule has 0 spiro atoms. The number of esters is 1. The molecule has 0 aromatic heterocycles. The molecule has 1 aliphatic rings. The molecule has 1 heterocycles. The summed E-state index contributed by atoms with van der Waals surface area (Å²) in [5.41, 5.74) is 1.45. The molecule has 1 amide bonds. The summed E-state index contributed by atoms with van der Waals surface area (Å²) in [6.07, 6.45) is 1.81. The molecule has 0 bridgehead atoms. The highest BCUT2D eigenvalue weighted by Crippen LogP contribution is 2.35. The van der Waals surface area contributed by atoms with Crippen molar-refractivity contribution in [1.82, 2.24) is 5.01 Å². The Labute approximate surface area is 174 Å². The van der Waals surface area contributed by atoms with E-state index in [1.54, 1.807) is 26.0 Å². The number of ether oxygens (including phenoxy) is 3. The van der Waals surface area contributed by atoms with Crippen molar-refractivity contribution < 1.29 is 23.8 Å². The number of halogens is 1. The predicted molar refractivity (Wildman–Crippen MR) is 108 cm³/mol. The number of nitriles is 1. The second-order valence-corrected chi connectivity index (χ2v) is 6.33. The van der Waals surface area contributed by atoms with E-state index in [1.807, 2.05) is 13.0 Å². The van der Waals surface area contributed by atoms with Crippen molar-refractivity contribution in [3.8, 4) is 17.6 Å². The minimum absolute atomic E-state index is 0.192. The van der Waals surface area contributed by atoms with Crippen molar-refractivity contribution in [2.75, 3.05) is 26.4 Å². The Morgan fingerprint density at radius 2 is 2.00 bits per heavy atom. The Kier molecular flexibility index (Phi) is 8.04. The maximum atomic E-state index is 12.5. The quantitative estimate of drug-likeness (QED) is 0.450. The second-order valence-electron chi connectivity index (χ2n) is 5.93. The van der Waals surface area contributed by atoms with Crippen LogP contribution >= 0.6 is 11.6 Å². The van der Waals surface area contributed by atoms with Crippen LogP contribution in [0.1, 0.15) is 32.8 Å².